The first kappa shape index (κ1) is 28.7. The molecule has 0 radical (unpaired) electrons. The summed E-state index contributed by atoms with van der Waals surface area (Å²) in [6.45, 7) is 2.18. The molecule has 12 heteroatoms. The lowest BCUT2D eigenvalue weighted by Gasteiger charge is -2.54. The van der Waals surface area contributed by atoms with Gasteiger partial charge in [0.25, 0.3) is 5.69 Å². The van der Waals surface area contributed by atoms with E-state index in [1.807, 2.05) is 30.3 Å². The number of carbonyl (C=O) groups excluding carboxylic acids is 2. The second-order valence-corrected chi connectivity index (χ2v) is 12.0. The zero-order chi connectivity index (χ0) is 28.2. The Kier molecular flexibility index (Phi) is 8.98. The van der Waals surface area contributed by atoms with E-state index >= 15 is 0 Å². The number of nitrogens with one attached hydrogen (secondary N) is 1. The van der Waals surface area contributed by atoms with Gasteiger partial charge in [0.1, 0.15) is 4.87 Å². The fraction of sp³-hybridized carbons (Fsp3) is 0.370. The summed E-state index contributed by atoms with van der Waals surface area (Å²) in [6, 6.07) is 15.5. The standard InChI is InChI=1S/C27H29N3O7S2/c1-2-20(31)22-24(33)29-23(25(34)35)26(38-14-6-9-21(32)28-16-18-7-4-3-5-8-18)39-27(22,29)15-17-10-12-19(13-11-17)30(36)37/h3-5,7-8,10-13,20,22,31H,2,6,9,14-16H2,1H3,(H,28,32)(H,34,35)/t20-,22+,27+/m0/s1. The highest BCUT2D eigenvalue weighted by atomic mass is 32.2. The first-order valence-electron chi connectivity index (χ1n) is 12.5. The van der Waals surface area contributed by atoms with Crippen molar-refractivity contribution in [3.63, 3.8) is 0 Å². The molecule has 2 amide bonds. The van der Waals surface area contributed by atoms with E-state index in [2.05, 4.69) is 5.32 Å². The van der Waals surface area contributed by atoms with Crippen molar-refractivity contribution in [3.05, 3.63) is 85.8 Å². The minimum atomic E-state index is -1.24. The van der Waals surface area contributed by atoms with Crippen LogP contribution in [-0.4, -0.2) is 54.5 Å². The van der Waals surface area contributed by atoms with Crippen molar-refractivity contribution in [2.75, 3.05) is 5.75 Å². The molecule has 1 fully saturated rings. The normalized spacial score (nSPS) is 20.8. The Morgan fingerprint density at radius 3 is 2.49 bits per heavy atom. The highest BCUT2D eigenvalue weighted by Crippen LogP contribution is 2.62. The van der Waals surface area contributed by atoms with Crippen molar-refractivity contribution >= 4 is 47.0 Å². The van der Waals surface area contributed by atoms with E-state index in [9.17, 15) is 34.7 Å². The summed E-state index contributed by atoms with van der Waals surface area (Å²) in [5.74, 6) is -2.15. The molecule has 4 rings (SSSR count). The number of non-ortho nitro benzene ring substituents is 1. The van der Waals surface area contributed by atoms with E-state index in [1.165, 1.54) is 40.6 Å². The van der Waals surface area contributed by atoms with Gasteiger partial charge in [-0.1, -0.05) is 61.2 Å². The number of β-lactam (4-membered cyclic amide) rings is 1. The van der Waals surface area contributed by atoms with Gasteiger partial charge in [-0.15, -0.1) is 11.8 Å². The highest BCUT2D eigenvalue weighted by molar-refractivity contribution is 8.23. The number of amides is 2. The number of rotatable bonds is 13. The van der Waals surface area contributed by atoms with Gasteiger partial charge in [-0.3, -0.25) is 24.6 Å². The van der Waals surface area contributed by atoms with E-state index in [4.69, 9.17) is 0 Å². The molecule has 2 heterocycles. The number of aliphatic hydroxyl groups is 1. The maximum atomic E-state index is 13.2. The molecule has 0 unspecified atom stereocenters. The van der Waals surface area contributed by atoms with Gasteiger partial charge in [0.05, 0.1) is 21.2 Å². The van der Waals surface area contributed by atoms with Crippen molar-refractivity contribution in [3.8, 4) is 0 Å². The molecule has 2 aromatic carbocycles. The number of nitrogens with zero attached hydrogens (tertiary/aromatic N) is 2. The Balaban J connectivity index is 1.45. The summed E-state index contributed by atoms with van der Waals surface area (Å²) >= 11 is 2.52. The maximum absolute atomic E-state index is 13.2. The van der Waals surface area contributed by atoms with Crippen LogP contribution in [0.3, 0.4) is 0 Å². The van der Waals surface area contributed by atoms with Crippen LogP contribution < -0.4 is 5.32 Å². The van der Waals surface area contributed by atoms with Crippen LogP contribution in [-0.2, 0) is 27.3 Å². The Labute approximate surface area is 234 Å². The third-order valence-electron chi connectivity index (χ3n) is 6.76. The lowest BCUT2D eigenvalue weighted by atomic mass is 9.77. The molecule has 2 aromatic rings. The van der Waals surface area contributed by atoms with Crippen molar-refractivity contribution in [1.82, 2.24) is 10.2 Å². The lowest BCUT2D eigenvalue weighted by Crippen LogP contribution is -2.71. The van der Waals surface area contributed by atoms with Crippen LogP contribution in [0.5, 0.6) is 0 Å². The van der Waals surface area contributed by atoms with Crippen molar-refractivity contribution < 1.29 is 29.5 Å². The number of nitro benzene ring substituents is 1. The Morgan fingerprint density at radius 2 is 1.87 bits per heavy atom. The van der Waals surface area contributed by atoms with Crippen molar-refractivity contribution in [2.45, 2.75) is 50.1 Å². The second-order valence-electron chi connectivity index (χ2n) is 9.33. The number of fused-ring (bicyclic) bond motifs is 1. The number of carboxylic acids is 1. The zero-order valence-electron chi connectivity index (χ0n) is 21.2. The fourth-order valence-electron chi connectivity index (χ4n) is 4.82. The summed E-state index contributed by atoms with van der Waals surface area (Å²) < 4.78 is 0.452. The molecule has 1 saturated heterocycles. The van der Waals surface area contributed by atoms with E-state index < -0.39 is 33.7 Å². The topological polar surface area (TPSA) is 150 Å². The summed E-state index contributed by atoms with van der Waals surface area (Å²) in [6.07, 6.45) is 0.342. The fourth-order valence-corrected chi connectivity index (χ4v) is 8.02. The summed E-state index contributed by atoms with van der Waals surface area (Å²) in [4.78, 5) is 48.5. The third-order valence-corrected chi connectivity index (χ3v) is 9.63. The third kappa shape index (κ3) is 5.97. The smallest absolute Gasteiger partial charge is 0.354 e. The molecule has 0 aliphatic carbocycles. The van der Waals surface area contributed by atoms with Gasteiger partial charge < -0.3 is 15.5 Å². The SMILES string of the molecule is CC[C@H](O)[C@@H]1C(=O)N2C(C(=O)O)=C(SCCCC(=O)NCc3ccccc3)S[C@]12Cc1ccc([N+](=O)[O-])cc1. The maximum Gasteiger partial charge on any atom is 0.354 e. The van der Waals surface area contributed by atoms with Gasteiger partial charge in [0.15, 0.2) is 5.70 Å². The van der Waals surface area contributed by atoms with E-state index in [-0.39, 0.29) is 30.1 Å². The zero-order valence-corrected chi connectivity index (χ0v) is 22.9. The minimum absolute atomic E-state index is 0.0737. The quantitative estimate of drug-likeness (QED) is 0.141. The largest absolute Gasteiger partial charge is 0.477 e. The van der Waals surface area contributed by atoms with Gasteiger partial charge in [0, 0.05) is 31.5 Å². The Bertz CT molecular complexity index is 1290. The number of hydrogen-bond donors (Lipinski definition) is 3. The number of carbonyl (C=O) groups is 3. The van der Waals surface area contributed by atoms with Crippen LogP contribution in [0.4, 0.5) is 5.69 Å². The van der Waals surface area contributed by atoms with Gasteiger partial charge in [-0.05, 0) is 29.7 Å². The number of nitro groups is 1. The van der Waals surface area contributed by atoms with E-state index in [0.29, 0.717) is 34.9 Å². The molecular formula is C27H29N3O7S2. The van der Waals surface area contributed by atoms with Crippen LogP contribution >= 0.6 is 23.5 Å². The molecule has 2 aliphatic heterocycles. The number of benzene rings is 2. The summed E-state index contributed by atoms with van der Waals surface area (Å²) in [5, 5.41) is 34.7. The van der Waals surface area contributed by atoms with E-state index in [0.717, 1.165) is 5.56 Å². The second kappa shape index (κ2) is 12.2. The predicted octanol–water partition coefficient (Wildman–Crippen LogP) is 3.89. The average molecular weight is 572 g/mol. The summed E-state index contributed by atoms with van der Waals surface area (Å²) in [7, 11) is 0. The average Bonchev–Trinajstić information content (AvgIpc) is 3.20. The molecule has 0 saturated carbocycles. The molecule has 3 N–H and O–H groups in total. The number of hydrogen-bond acceptors (Lipinski definition) is 8. The number of thioether (sulfide) groups is 2. The molecule has 39 heavy (non-hydrogen) atoms. The number of aliphatic hydroxyl groups excluding tert-OH is 1. The minimum Gasteiger partial charge on any atom is -0.477 e. The molecular weight excluding hydrogens is 542 g/mol. The molecule has 10 nitrogen and oxygen atoms in total. The van der Waals surface area contributed by atoms with Crippen LogP contribution in [0, 0.1) is 16.0 Å². The molecule has 0 bridgehead atoms. The molecule has 0 aromatic heterocycles. The van der Waals surface area contributed by atoms with E-state index in [1.54, 1.807) is 19.1 Å². The molecule has 3 atom stereocenters. The Morgan fingerprint density at radius 1 is 1.18 bits per heavy atom. The molecule has 0 spiro atoms. The monoisotopic (exact) mass is 571 g/mol. The van der Waals surface area contributed by atoms with Crippen molar-refractivity contribution in [2.24, 2.45) is 5.92 Å². The lowest BCUT2D eigenvalue weighted by molar-refractivity contribution is -0.384. The number of aliphatic carboxylic acids is 1. The van der Waals surface area contributed by atoms with Gasteiger partial charge >= 0.3 is 5.97 Å². The number of carboxylic acid groups (broad SMARTS) is 1. The van der Waals surface area contributed by atoms with Crippen molar-refractivity contribution in [1.29, 1.82) is 0 Å². The first-order valence-corrected chi connectivity index (χ1v) is 14.3. The van der Waals surface area contributed by atoms with Gasteiger partial charge in [0.2, 0.25) is 11.8 Å². The molecule has 206 valence electrons. The van der Waals surface area contributed by atoms with Gasteiger partial charge in [-0.2, -0.15) is 0 Å². The van der Waals surface area contributed by atoms with Crippen LogP contribution in [0.2, 0.25) is 0 Å². The van der Waals surface area contributed by atoms with Gasteiger partial charge in [-0.25, -0.2) is 4.79 Å². The Hall–Kier alpha value is -3.35. The van der Waals surface area contributed by atoms with Crippen LogP contribution in [0.25, 0.3) is 0 Å². The predicted molar refractivity (Wildman–Crippen MR) is 148 cm³/mol. The molecule has 2 aliphatic rings. The van der Waals surface area contributed by atoms with Crippen LogP contribution in [0.15, 0.2) is 64.5 Å². The highest BCUT2D eigenvalue weighted by Gasteiger charge is 2.68. The van der Waals surface area contributed by atoms with Crippen LogP contribution in [0.1, 0.15) is 37.3 Å². The first-order chi connectivity index (χ1) is 18.7. The summed E-state index contributed by atoms with van der Waals surface area (Å²) in [5.41, 5.74) is 1.49.